The van der Waals surface area contributed by atoms with E-state index < -0.39 is 0 Å². The first kappa shape index (κ1) is 12.4. The number of aryl methyl sites for hydroxylation is 1. The summed E-state index contributed by atoms with van der Waals surface area (Å²) in [6.07, 6.45) is 5.11. The molecule has 0 unspecified atom stereocenters. The maximum atomic E-state index is 12.3. The molecule has 0 fully saturated rings. The topological polar surface area (TPSA) is 90.2 Å². The predicted molar refractivity (Wildman–Crippen MR) is 74.2 cm³/mol. The average molecular weight is 270 g/mol. The number of nitrogens with two attached hydrogens (primary N) is 1. The van der Waals surface area contributed by atoms with Gasteiger partial charge in [-0.15, -0.1) is 0 Å². The normalized spacial score (nSPS) is 10.9. The molecule has 7 heteroatoms. The number of carbonyl (C=O) groups is 1. The van der Waals surface area contributed by atoms with Crippen molar-refractivity contribution in [3.63, 3.8) is 0 Å². The van der Waals surface area contributed by atoms with Crippen LogP contribution in [-0.4, -0.2) is 25.3 Å². The van der Waals surface area contributed by atoms with Crippen LogP contribution in [-0.2, 0) is 13.6 Å². The van der Waals surface area contributed by atoms with Gasteiger partial charge < -0.3 is 11.1 Å². The van der Waals surface area contributed by atoms with Crippen LogP contribution in [0, 0.1) is 0 Å². The molecule has 3 N–H and O–H groups in total. The molecule has 0 spiro atoms. The molecule has 20 heavy (non-hydrogen) atoms. The molecule has 3 heterocycles. The molecule has 0 atom stereocenters. The minimum absolute atomic E-state index is 0.250. The number of hydrogen-bond donors (Lipinski definition) is 2. The molecular formula is C13H14N6O. The van der Waals surface area contributed by atoms with E-state index in [1.165, 1.54) is 6.20 Å². The summed E-state index contributed by atoms with van der Waals surface area (Å²) < 4.78 is 3.27. The van der Waals surface area contributed by atoms with Crippen molar-refractivity contribution < 1.29 is 4.79 Å². The highest BCUT2D eigenvalue weighted by atomic mass is 16.1. The van der Waals surface area contributed by atoms with Crippen molar-refractivity contribution in [2.24, 2.45) is 12.8 Å². The number of aromatic nitrogens is 4. The SMILES string of the molecule is Cn1cc(CN)c(NC(=O)c2cnn3ccccc23)n1. The van der Waals surface area contributed by atoms with Crippen LogP contribution in [0.2, 0.25) is 0 Å². The summed E-state index contributed by atoms with van der Waals surface area (Å²) in [6.45, 7) is 0.318. The van der Waals surface area contributed by atoms with Crippen molar-refractivity contribution in [3.05, 3.63) is 47.9 Å². The van der Waals surface area contributed by atoms with Gasteiger partial charge in [0.25, 0.3) is 5.91 Å². The van der Waals surface area contributed by atoms with Gasteiger partial charge in [0.2, 0.25) is 0 Å². The lowest BCUT2D eigenvalue weighted by molar-refractivity contribution is 0.102. The Hall–Kier alpha value is -2.67. The lowest BCUT2D eigenvalue weighted by Gasteiger charge is -2.02. The highest BCUT2D eigenvalue weighted by Gasteiger charge is 2.15. The zero-order valence-electron chi connectivity index (χ0n) is 10.9. The van der Waals surface area contributed by atoms with Crippen molar-refractivity contribution >= 4 is 17.2 Å². The van der Waals surface area contributed by atoms with Crippen LogP contribution in [0.1, 0.15) is 15.9 Å². The van der Waals surface area contributed by atoms with Crippen molar-refractivity contribution in [1.29, 1.82) is 0 Å². The van der Waals surface area contributed by atoms with Crippen LogP contribution < -0.4 is 11.1 Å². The summed E-state index contributed by atoms with van der Waals surface area (Å²) in [7, 11) is 1.78. The maximum Gasteiger partial charge on any atom is 0.260 e. The van der Waals surface area contributed by atoms with Crippen LogP contribution >= 0.6 is 0 Å². The van der Waals surface area contributed by atoms with Gasteiger partial charge >= 0.3 is 0 Å². The van der Waals surface area contributed by atoms with Gasteiger partial charge in [-0.1, -0.05) is 6.07 Å². The van der Waals surface area contributed by atoms with E-state index in [1.807, 2.05) is 18.2 Å². The Labute approximate surface area is 115 Å². The van der Waals surface area contributed by atoms with Gasteiger partial charge in [0, 0.05) is 31.5 Å². The number of fused-ring (bicyclic) bond motifs is 1. The predicted octanol–water partition coefficient (Wildman–Crippen LogP) is 0.779. The molecule has 3 aromatic heterocycles. The highest BCUT2D eigenvalue weighted by Crippen LogP contribution is 2.15. The average Bonchev–Trinajstić information content (AvgIpc) is 3.02. The molecule has 0 radical (unpaired) electrons. The first-order valence-corrected chi connectivity index (χ1v) is 6.15. The summed E-state index contributed by atoms with van der Waals surface area (Å²) >= 11 is 0. The summed E-state index contributed by atoms with van der Waals surface area (Å²) in [5.74, 6) is 0.231. The van der Waals surface area contributed by atoms with Gasteiger partial charge in [-0.2, -0.15) is 10.2 Å². The number of carbonyl (C=O) groups excluding carboxylic acids is 1. The van der Waals surface area contributed by atoms with Crippen LogP contribution in [0.15, 0.2) is 36.8 Å². The van der Waals surface area contributed by atoms with Gasteiger partial charge in [0.15, 0.2) is 5.82 Å². The van der Waals surface area contributed by atoms with Crippen LogP contribution in [0.3, 0.4) is 0 Å². The summed E-state index contributed by atoms with van der Waals surface area (Å²) in [5, 5.41) is 11.1. The number of nitrogens with one attached hydrogen (secondary N) is 1. The van der Waals surface area contributed by atoms with E-state index in [1.54, 1.807) is 28.6 Å². The molecule has 0 aliphatic rings. The van der Waals surface area contributed by atoms with Crippen LogP contribution in [0.25, 0.3) is 5.52 Å². The van der Waals surface area contributed by atoms with E-state index >= 15 is 0 Å². The molecule has 0 bridgehead atoms. The van der Waals surface area contributed by atoms with Gasteiger partial charge in [0.1, 0.15) is 0 Å². The number of nitrogens with zero attached hydrogens (tertiary/aromatic N) is 4. The minimum atomic E-state index is -0.250. The zero-order chi connectivity index (χ0) is 14.1. The van der Waals surface area contributed by atoms with E-state index in [0.717, 1.165) is 11.1 Å². The number of rotatable bonds is 3. The Morgan fingerprint density at radius 2 is 2.30 bits per heavy atom. The lowest BCUT2D eigenvalue weighted by Crippen LogP contribution is -2.14. The largest absolute Gasteiger partial charge is 0.326 e. The maximum absolute atomic E-state index is 12.3. The Balaban J connectivity index is 1.93. The van der Waals surface area contributed by atoms with Crippen molar-refractivity contribution in [1.82, 2.24) is 19.4 Å². The summed E-state index contributed by atoms with van der Waals surface area (Å²) in [4.78, 5) is 12.3. The number of anilines is 1. The molecule has 3 rings (SSSR count). The van der Waals surface area contributed by atoms with Gasteiger partial charge in [0.05, 0.1) is 17.3 Å². The highest BCUT2D eigenvalue weighted by molar-refractivity contribution is 6.08. The number of amides is 1. The zero-order valence-corrected chi connectivity index (χ0v) is 10.9. The van der Waals surface area contributed by atoms with Gasteiger partial charge in [-0.25, -0.2) is 4.52 Å². The fraction of sp³-hybridized carbons (Fsp3) is 0.154. The van der Waals surface area contributed by atoms with Gasteiger partial charge in [-0.05, 0) is 12.1 Å². The Bertz CT molecular complexity index is 772. The fourth-order valence-electron chi connectivity index (χ4n) is 2.08. The van der Waals surface area contributed by atoms with E-state index in [9.17, 15) is 4.79 Å². The van der Waals surface area contributed by atoms with Crippen molar-refractivity contribution in [3.8, 4) is 0 Å². The smallest absolute Gasteiger partial charge is 0.260 e. The van der Waals surface area contributed by atoms with Crippen LogP contribution in [0.5, 0.6) is 0 Å². The molecule has 1 amide bonds. The third kappa shape index (κ3) is 2.04. The molecule has 0 aliphatic heterocycles. The van der Waals surface area contributed by atoms with Crippen molar-refractivity contribution in [2.45, 2.75) is 6.54 Å². The van der Waals surface area contributed by atoms with E-state index in [0.29, 0.717) is 17.9 Å². The van der Waals surface area contributed by atoms with Crippen molar-refractivity contribution in [2.75, 3.05) is 5.32 Å². The first-order valence-electron chi connectivity index (χ1n) is 6.15. The summed E-state index contributed by atoms with van der Waals surface area (Å²) in [5.41, 5.74) is 7.66. The van der Waals surface area contributed by atoms with Crippen LogP contribution in [0.4, 0.5) is 5.82 Å². The Morgan fingerprint density at radius 3 is 3.10 bits per heavy atom. The molecule has 0 aromatic carbocycles. The summed E-state index contributed by atoms with van der Waals surface area (Å²) in [6, 6.07) is 5.55. The molecule has 0 saturated carbocycles. The molecule has 102 valence electrons. The third-order valence-electron chi connectivity index (χ3n) is 3.03. The van der Waals surface area contributed by atoms with E-state index in [2.05, 4.69) is 15.5 Å². The monoisotopic (exact) mass is 270 g/mol. The fourth-order valence-corrected chi connectivity index (χ4v) is 2.08. The van der Waals surface area contributed by atoms with E-state index in [-0.39, 0.29) is 5.91 Å². The molecule has 7 nitrogen and oxygen atoms in total. The van der Waals surface area contributed by atoms with E-state index in [4.69, 9.17) is 5.73 Å². The standard InChI is InChI=1S/C13H14N6O/c1-18-8-9(6-14)12(17-18)16-13(20)10-7-15-19-5-3-2-4-11(10)19/h2-5,7-8H,6,14H2,1H3,(H,16,17,20). The second-order valence-electron chi connectivity index (χ2n) is 4.42. The Kier molecular flexibility index (Phi) is 2.96. The van der Waals surface area contributed by atoms with Gasteiger partial charge in [-0.3, -0.25) is 9.48 Å². The Morgan fingerprint density at radius 1 is 1.45 bits per heavy atom. The third-order valence-corrected chi connectivity index (χ3v) is 3.03. The first-order chi connectivity index (χ1) is 9.69. The second kappa shape index (κ2) is 4.78. The number of hydrogen-bond acceptors (Lipinski definition) is 4. The lowest BCUT2D eigenvalue weighted by atomic mass is 10.2. The molecule has 0 aliphatic carbocycles. The number of pyridine rings is 1. The molecule has 3 aromatic rings. The quantitative estimate of drug-likeness (QED) is 0.736. The molecule has 0 saturated heterocycles. The second-order valence-corrected chi connectivity index (χ2v) is 4.42. The molecular weight excluding hydrogens is 256 g/mol. The minimum Gasteiger partial charge on any atom is -0.326 e.